The number of carbonyl (C=O) groups excluding carboxylic acids is 1. The molecule has 0 spiro atoms. The van der Waals surface area contributed by atoms with E-state index in [0.717, 1.165) is 28.1 Å². The summed E-state index contributed by atoms with van der Waals surface area (Å²) in [5.74, 6) is 1.28. The number of halogens is 2. The molecule has 1 heterocycles. The molecule has 0 atom stereocenters. The van der Waals surface area contributed by atoms with Gasteiger partial charge in [0.15, 0.2) is 5.78 Å². The van der Waals surface area contributed by atoms with Crippen molar-refractivity contribution in [3.8, 4) is 0 Å². The van der Waals surface area contributed by atoms with Crippen LogP contribution in [-0.4, -0.2) is 5.78 Å². The SMILES string of the molecule is CC1CCC(C(=O)c2cc(Br)c(Cl)s2)CC1. The fourth-order valence-electron chi connectivity index (χ4n) is 2.19. The van der Waals surface area contributed by atoms with Gasteiger partial charge in [0.05, 0.1) is 4.88 Å². The first-order chi connectivity index (χ1) is 7.58. The van der Waals surface area contributed by atoms with E-state index in [1.807, 2.05) is 6.07 Å². The minimum Gasteiger partial charge on any atom is -0.293 e. The molecule has 2 rings (SSSR count). The lowest BCUT2D eigenvalue weighted by Crippen LogP contribution is -2.20. The fraction of sp³-hybridized carbons (Fsp3) is 0.583. The second kappa shape index (κ2) is 5.19. The van der Waals surface area contributed by atoms with Crippen molar-refractivity contribution in [2.75, 3.05) is 0 Å². The zero-order valence-corrected chi connectivity index (χ0v) is 12.3. The van der Waals surface area contributed by atoms with E-state index in [-0.39, 0.29) is 11.7 Å². The molecule has 1 saturated carbocycles. The molecule has 1 aromatic rings. The van der Waals surface area contributed by atoms with Crippen molar-refractivity contribution in [2.45, 2.75) is 32.6 Å². The molecule has 4 heteroatoms. The molecule has 0 aliphatic heterocycles. The minimum absolute atomic E-state index is 0.220. The van der Waals surface area contributed by atoms with E-state index in [4.69, 9.17) is 11.6 Å². The van der Waals surface area contributed by atoms with Gasteiger partial charge in [-0.1, -0.05) is 31.4 Å². The van der Waals surface area contributed by atoms with E-state index in [2.05, 4.69) is 22.9 Å². The molecule has 0 saturated heterocycles. The maximum Gasteiger partial charge on any atom is 0.175 e. The highest BCUT2D eigenvalue weighted by molar-refractivity contribution is 9.10. The highest BCUT2D eigenvalue weighted by Crippen LogP contribution is 2.36. The highest BCUT2D eigenvalue weighted by atomic mass is 79.9. The zero-order chi connectivity index (χ0) is 11.7. The summed E-state index contributed by atoms with van der Waals surface area (Å²) in [6.07, 6.45) is 4.42. The first-order valence-corrected chi connectivity index (χ1v) is 7.55. The Bertz CT molecular complexity index is 374. The lowest BCUT2D eigenvalue weighted by molar-refractivity contribution is 0.0880. The van der Waals surface area contributed by atoms with E-state index in [9.17, 15) is 4.79 Å². The maximum absolute atomic E-state index is 12.2. The molecule has 16 heavy (non-hydrogen) atoms. The number of ketones is 1. The van der Waals surface area contributed by atoms with Crippen molar-refractivity contribution < 1.29 is 4.79 Å². The molecule has 0 aromatic carbocycles. The average Bonchev–Trinajstić information content (AvgIpc) is 2.59. The Labute approximate surface area is 113 Å². The van der Waals surface area contributed by atoms with Gasteiger partial charge in [0.1, 0.15) is 4.34 Å². The second-order valence-electron chi connectivity index (χ2n) is 4.55. The van der Waals surface area contributed by atoms with Gasteiger partial charge < -0.3 is 0 Å². The first-order valence-electron chi connectivity index (χ1n) is 5.57. The molecule has 1 aromatic heterocycles. The number of hydrogen-bond donors (Lipinski definition) is 0. The van der Waals surface area contributed by atoms with E-state index >= 15 is 0 Å². The van der Waals surface area contributed by atoms with E-state index in [1.165, 1.54) is 24.2 Å². The molecule has 0 amide bonds. The van der Waals surface area contributed by atoms with Crippen LogP contribution in [0.4, 0.5) is 0 Å². The maximum atomic E-state index is 12.2. The Balaban J connectivity index is 2.07. The third-order valence-electron chi connectivity index (χ3n) is 3.27. The number of carbonyl (C=O) groups is 1. The van der Waals surface area contributed by atoms with Gasteiger partial charge in [0, 0.05) is 10.4 Å². The van der Waals surface area contributed by atoms with Crippen molar-refractivity contribution in [2.24, 2.45) is 11.8 Å². The Morgan fingerprint density at radius 1 is 1.44 bits per heavy atom. The Morgan fingerprint density at radius 3 is 2.56 bits per heavy atom. The summed E-state index contributed by atoms with van der Waals surface area (Å²) in [6, 6.07) is 1.85. The molecule has 0 bridgehead atoms. The van der Waals surface area contributed by atoms with Crippen LogP contribution in [0, 0.1) is 11.8 Å². The highest BCUT2D eigenvalue weighted by Gasteiger charge is 2.26. The molecule has 1 aliphatic carbocycles. The molecule has 1 nitrogen and oxygen atoms in total. The van der Waals surface area contributed by atoms with E-state index in [1.54, 1.807) is 0 Å². The van der Waals surface area contributed by atoms with E-state index < -0.39 is 0 Å². The van der Waals surface area contributed by atoms with Crippen LogP contribution in [0.2, 0.25) is 4.34 Å². The van der Waals surface area contributed by atoms with Gasteiger partial charge in [-0.25, -0.2) is 0 Å². The van der Waals surface area contributed by atoms with Gasteiger partial charge >= 0.3 is 0 Å². The molecule has 0 unspecified atom stereocenters. The standard InChI is InChI=1S/C12H14BrClOS/c1-7-2-4-8(5-3-7)11(15)10-6-9(13)12(14)16-10/h6-8H,2-5H2,1H3. The first kappa shape index (κ1) is 12.6. The summed E-state index contributed by atoms with van der Waals surface area (Å²) in [5, 5.41) is 0. The Morgan fingerprint density at radius 2 is 2.06 bits per heavy atom. The van der Waals surface area contributed by atoms with Crippen LogP contribution in [0.25, 0.3) is 0 Å². The lowest BCUT2D eigenvalue weighted by atomic mass is 9.80. The van der Waals surface area contributed by atoms with Crippen LogP contribution in [0.15, 0.2) is 10.5 Å². The van der Waals surface area contributed by atoms with Crippen LogP contribution in [0.1, 0.15) is 42.3 Å². The van der Waals surface area contributed by atoms with Crippen LogP contribution in [0.3, 0.4) is 0 Å². The molecule has 0 radical (unpaired) electrons. The average molecular weight is 322 g/mol. The molecule has 1 fully saturated rings. The van der Waals surface area contributed by atoms with Crippen LogP contribution in [-0.2, 0) is 0 Å². The van der Waals surface area contributed by atoms with Gasteiger partial charge in [0.2, 0.25) is 0 Å². The number of rotatable bonds is 2. The van der Waals surface area contributed by atoms with Gasteiger partial charge in [-0.15, -0.1) is 11.3 Å². The van der Waals surface area contributed by atoms with Crippen molar-refractivity contribution in [3.63, 3.8) is 0 Å². The van der Waals surface area contributed by atoms with Crippen molar-refractivity contribution >= 4 is 44.7 Å². The summed E-state index contributed by atoms with van der Waals surface area (Å²) in [4.78, 5) is 13.0. The molecule has 1 aliphatic rings. The van der Waals surface area contributed by atoms with Crippen molar-refractivity contribution in [1.82, 2.24) is 0 Å². The predicted octanol–water partition coefficient (Wildman–Crippen LogP) is 5.17. The van der Waals surface area contributed by atoms with E-state index in [0.29, 0.717) is 4.34 Å². The Hall–Kier alpha value is 0.140. The third-order valence-corrected chi connectivity index (χ3v) is 5.76. The Kier molecular flexibility index (Phi) is 4.09. The lowest BCUT2D eigenvalue weighted by Gasteiger charge is -2.24. The topological polar surface area (TPSA) is 17.1 Å². The number of Topliss-reactive ketones (excluding diaryl/α,β-unsaturated/α-hetero) is 1. The quantitative estimate of drug-likeness (QED) is 0.686. The second-order valence-corrected chi connectivity index (χ2v) is 7.06. The molecule has 88 valence electrons. The normalized spacial score (nSPS) is 25.7. The summed E-state index contributed by atoms with van der Waals surface area (Å²) >= 11 is 10.7. The fourth-order valence-corrected chi connectivity index (χ4v) is 3.91. The summed E-state index contributed by atoms with van der Waals surface area (Å²) in [5.41, 5.74) is 0. The smallest absolute Gasteiger partial charge is 0.175 e. The third kappa shape index (κ3) is 2.69. The monoisotopic (exact) mass is 320 g/mol. The van der Waals surface area contributed by atoms with Crippen molar-refractivity contribution in [1.29, 1.82) is 0 Å². The zero-order valence-electron chi connectivity index (χ0n) is 9.13. The van der Waals surface area contributed by atoms with Gasteiger partial charge in [-0.05, 0) is 40.8 Å². The summed E-state index contributed by atoms with van der Waals surface area (Å²) in [6.45, 7) is 2.26. The molecular formula is C12H14BrClOS. The summed E-state index contributed by atoms with van der Waals surface area (Å²) in [7, 11) is 0. The number of thiophene rings is 1. The van der Waals surface area contributed by atoms with Gasteiger partial charge in [-0.3, -0.25) is 4.79 Å². The van der Waals surface area contributed by atoms with Crippen molar-refractivity contribution in [3.05, 3.63) is 19.8 Å². The van der Waals surface area contributed by atoms with Crippen LogP contribution < -0.4 is 0 Å². The van der Waals surface area contributed by atoms with Crippen LogP contribution >= 0.6 is 38.9 Å². The van der Waals surface area contributed by atoms with Gasteiger partial charge in [-0.2, -0.15) is 0 Å². The van der Waals surface area contributed by atoms with Gasteiger partial charge in [0.25, 0.3) is 0 Å². The largest absolute Gasteiger partial charge is 0.293 e. The predicted molar refractivity (Wildman–Crippen MR) is 72.5 cm³/mol. The summed E-state index contributed by atoms with van der Waals surface area (Å²) < 4.78 is 1.51. The van der Waals surface area contributed by atoms with Crippen LogP contribution in [0.5, 0.6) is 0 Å². The minimum atomic E-state index is 0.220. The molecular weight excluding hydrogens is 308 g/mol. The molecule has 0 N–H and O–H groups in total. The number of hydrogen-bond acceptors (Lipinski definition) is 2.